The number of hydrogen-bond acceptors (Lipinski definition) is 5. The number of aliphatic hydroxyl groups is 1. The Hall–Kier alpha value is -3.10. The maximum atomic E-state index is 12.4. The van der Waals surface area contributed by atoms with E-state index in [1.165, 1.54) is 0 Å². The molecule has 8 nitrogen and oxygen atoms in total. The summed E-state index contributed by atoms with van der Waals surface area (Å²) in [5.74, 6) is -0.699. The lowest BCUT2D eigenvalue weighted by molar-refractivity contribution is -0.126. The first-order valence-corrected chi connectivity index (χ1v) is 10.7. The van der Waals surface area contributed by atoms with Crippen LogP contribution in [0, 0.1) is 12.8 Å². The number of aliphatic hydroxyl groups excluding tert-OH is 1. The van der Waals surface area contributed by atoms with Gasteiger partial charge in [-0.15, -0.1) is 0 Å². The normalized spacial score (nSPS) is 16.6. The summed E-state index contributed by atoms with van der Waals surface area (Å²) in [5.41, 5.74) is 2.05. The second-order valence-corrected chi connectivity index (χ2v) is 8.15. The van der Waals surface area contributed by atoms with E-state index in [0.29, 0.717) is 22.1 Å². The summed E-state index contributed by atoms with van der Waals surface area (Å²) in [6.07, 6.45) is -0.524. The lowest BCUT2D eigenvalue weighted by Gasteiger charge is -2.17. The van der Waals surface area contributed by atoms with Crippen LogP contribution in [0.3, 0.4) is 0 Å². The second-order valence-electron chi connectivity index (χ2n) is 7.74. The van der Waals surface area contributed by atoms with Crippen LogP contribution in [0.1, 0.15) is 18.9 Å². The first-order valence-electron chi connectivity index (χ1n) is 10.3. The van der Waals surface area contributed by atoms with Gasteiger partial charge in [-0.3, -0.25) is 14.4 Å². The number of ether oxygens (including phenoxy) is 1. The fourth-order valence-electron chi connectivity index (χ4n) is 3.33. The summed E-state index contributed by atoms with van der Waals surface area (Å²) in [6, 6.07) is 12.0. The molecule has 32 heavy (non-hydrogen) atoms. The van der Waals surface area contributed by atoms with E-state index in [-0.39, 0.29) is 43.8 Å². The quantitative estimate of drug-likeness (QED) is 0.562. The molecule has 1 aliphatic heterocycles. The van der Waals surface area contributed by atoms with Crippen LogP contribution < -0.4 is 20.3 Å². The number of carbonyl (C=O) groups excluding carboxylic acids is 3. The number of benzene rings is 2. The number of amides is 3. The zero-order valence-electron chi connectivity index (χ0n) is 17.9. The third-order valence-electron chi connectivity index (χ3n) is 5.13. The van der Waals surface area contributed by atoms with Crippen molar-refractivity contribution in [2.45, 2.75) is 26.4 Å². The van der Waals surface area contributed by atoms with Gasteiger partial charge in [-0.2, -0.15) is 0 Å². The maximum absolute atomic E-state index is 12.4. The highest BCUT2D eigenvalue weighted by atomic mass is 35.5. The molecule has 2 atom stereocenters. The topological polar surface area (TPSA) is 108 Å². The Kier molecular flexibility index (Phi) is 7.71. The van der Waals surface area contributed by atoms with Gasteiger partial charge in [0.2, 0.25) is 11.8 Å². The Morgan fingerprint density at radius 3 is 2.66 bits per heavy atom. The minimum absolute atomic E-state index is 0.118. The summed E-state index contributed by atoms with van der Waals surface area (Å²) < 4.78 is 5.53. The van der Waals surface area contributed by atoms with Gasteiger partial charge in [-0.25, -0.2) is 0 Å². The van der Waals surface area contributed by atoms with Gasteiger partial charge in [0.25, 0.3) is 5.91 Å². The van der Waals surface area contributed by atoms with Crippen molar-refractivity contribution < 1.29 is 24.2 Å². The van der Waals surface area contributed by atoms with Crippen molar-refractivity contribution in [1.29, 1.82) is 0 Å². The Balaban J connectivity index is 1.52. The van der Waals surface area contributed by atoms with Crippen molar-refractivity contribution in [3.63, 3.8) is 0 Å². The molecule has 0 unspecified atom stereocenters. The number of halogens is 1. The van der Waals surface area contributed by atoms with Crippen LogP contribution in [-0.2, 0) is 14.4 Å². The van der Waals surface area contributed by atoms with E-state index in [1.54, 1.807) is 54.3 Å². The molecule has 0 radical (unpaired) electrons. The van der Waals surface area contributed by atoms with Crippen LogP contribution in [0.15, 0.2) is 42.5 Å². The van der Waals surface area contributed by atoms with Gasteiger partial charge in [0.05, 0.1) is 12.0 Å². The van der Waals surface area contributed by atoms with Crippen LogP contribution in [0.25, 0.3) is 0 Å². The molecular weight excluding hydrogens is 434 g/mol. The fourth-order valence-corrected chi connectivity index (χ4v) is 3.50. The molecule has 3 N–H and O–H groups in total. The van der Waals surface area contributed by atoms with Crippen molar-refractivity contribution in [1.82, 2.24) is 5.32 Å². The van der Waals surface area contributed by atoms with Crippen LogP contribution >= 0.6 is 11.6 Å². The Bertz CT molecular complexity index is 994. The molecular formula is C23H26ClN3O5. The largest absolute Gasteiger partial charge is 0.484 e. The van der Waals surface area contributed by atoms with Crippen molar-refractivity contribution in [3.8, 4) is 5.75 Å². The number of hydrogen-bond donors (Lipinski definition) is 3. The molecule has 2 aromatic carbocycles. The minimum Gasteiger partial charge on any atom is -0.484 e. The summed E-state index contributed by atoms with van der Waals surface area (Å²) in [4.78, 5) is 38.3. The molecule has 0 aliphatic carbocycles. The molecule has 1 fully saturated rings. The second kappa shape index (κ2) is 10.5. The molecule has 2 aromatic rings. The number of anilines is 2. The van der Waals surface area contributed by atoms with Gasteiger partial charge in [0.15, 0.2) is 6.61 Å². The molecule has 0 bridgehead atoms. The third-order valence-corrected chi connectivity index (χ3v) is 5.54. The first kappa shape index (κ1) is 23.6. The molecule has 1 aliphatic rings. The molecule has 9 heteroatoms. The Morgan fingerprint density at radius 2 is 1.97 bits per heavy atom. The Morgan fingerprint density at radius 1 is 1.25 bits per heavy atom. The maximum Gasteiger partial charge on any atom is 0.262 e. The van der Waals surface area contributed by atoms with Crippen LogP contribution in [0.2, 0.25) is 5.02 Å². The van der Waals surface area contributed by atoms with E-state index >= 15 is 0 Å². The molecule has 0 saturated carbocycles. The van der Waals surface area contributed by atoms with Crippen molar-refractivity contribution in [2.75, 3.05) is 29.9 Å². The van der Waals surface area contributed by atoms with Gasteiger partial charge in [0.1, 0.15) is 5.75 Å². The SMILES string of the molecule is Cc1c(Cl)cccc1NC(=O)COc1ccc(N2C[C@@H](C(=O)NC[C@@H](C)O)CC2=O)cc1. The predicted octanol–water partition coefficient (Wildman–Crippen LogP) is 2.52. The number of rotatable bonds is 8. The van der Waals surface area contributed by atoms with E-state index in [2.05, 4.69) is 10.6 Å². The van der Waals surface area contributed by atoms with Crippen molar-refractivity contribution >= 4 is 40.7 Å². The molecule has 1 saturated heterocycles. The first-order chi connectivity index (χ1) is 15.2. The van der Waals surface area contributed by atoms with E-state index in [1.807, 2.05) is 6.92 Å². The predicted molar refractivity (Wildman–Crippen MR) is 122 cm³/mol. The average molecular weight is 460 g/mol. The highest BCUT2D eigenvalue weighted by Gasteiger charge is 2.35. The summed E-state index contributed by atoms with van der Waals surface area (Å²) in [5, 5.41) is 15.3. The molecule has 170 valence electrons. The monoisotopic (exact) mass is 459 g/mol. The summed E-state index contributed by atoms with van der Waals surface area (Å²) in [7, 11) is 0. The van der Waals surface area contributed by atoms with E-state index < -0.39 is 12.0 Å². The number of nitrogens with zero attached hydrogens (tertiary/aromatic N) is 1. The third kappa shape index (κ3) is 5.99. The van der Waals surface area contributed by atoms with Gasteiger partial charge < -0.3 is 25.4 Å². The van der Waals surface area contributed by atoms with Crippen molar-refractivity contribution in [3.05, 3.63) is 53.1 Å². The summed E-state index contributed by atoms with van der Waals surface area (Å²) >= 11 is 6.06. The zero-order chi connectivity index (χ0) is 23.3. The van der Waals surface area contributed by atoms with Crippen LogP contribution in [0.5, 0.6) is 5.75 Å². The average Bonchev–Trinajstić information content (AvgIpc) is 3.16. The lowest BCUT2D eigenvalue weighted by atomic mass is 10.1. The highest BCUT2D eigenvalue weighted by Crippen LogP contribution is 2.27. The molecule has 3 rings (SSSR count). The lowest BCUT2D eigenvalue weighted by Crippen LogP contribution is -2.36. The zero-order valence-corrected chi connectivity index (χ0v) is 18.7. The standard InChI is InChI=1S/C23H26ClN3O5/c1-14(28)11-25-23(31)16-10-22(30)27(12-16)17-6-8-18(9-7-17)32-13-21(29)26-20-5-3-4-19(24)15(20)2/h3-9,14,16,28H,10-13H2,1-2H3,(H,25,31)(H,26,29)/t14-,16+/m1/s1. The highest BCUT2D eigenvalue weighted by molar-refractivity contribution is 6.31. The van der Waals surface area contributed by atoms with Gasteiger partial charge in [-0.05, 0) is 55.8 Å². The van der Waals surface area contributed by atoms with Crippen LogP contribution in [-0.4, -0.2) is 48.6 Å². The fraction of sp³-hybridized carbons (Fsp3) is 0.348. The molecule has 1 heterocycles. The molecule has 0 spiro atoms. The van der Waals surface area contributed by atoms with Gasteiger partial charge in [0, 0.05) is 35.9 Å². The van der Waals surface area contributed by atoms with E-state index in [9.17, 15) is 19.5 Å². The number of carbonyl (C=O) groups is 3. The molecule has 0 aromatic heterocycles. The molecule has 3 amide bonds. The van der Waals surface area contributed by atoms with Gasteiger partial charge >= 0.3 is 0 Å². The van der Waals surface area contributed by atoms with E-state index in [0.717, 1.165) is 5.56 Å². The van der Waals surface area contributed by atoms with E-state index in [4.69, 9.17) is 16.3 Å². The Labute approximate surface area is 191 Å². The van der Waals surface area contributed by atoms with Crippen LogP contribution in [0.4, 0.5) is 11.4 Å². The van der Waals surface area contributed by atoms with Crippen molar-refractivity contribution in [2.24, 2.45) is 5.92 Å². The number of nitrogens with one attached hydrogen (secondary N) is 2. The smallest absolute Gasteiger partial charge is 0.262 e. The summed E-state index contributed by atoms with van der Waals surface area (Å²) in [6.45, 7) is 3.64. The minimum atomic E-state index is -0.642. The van der Waals surface area contributed by atoms with Gasteiger partial charge in [-0.1, -0.05) is 17.7 Å².